The van der Waals surface area contributed by atoms with E-state index in [2.05, 4.69) is 5.32 Å². The average Bonchev–Trinajstić information content (AvgIpc) is 2.47. The summed E-state index contributed by atoms with van der Waals surface area (Å²) >= 11 is 0. The molecule has 1 aromatic rings. The number of ketones is 1. The van der Waals surface area contributed by atoms with Crippen molar-refractivity contribution < 1.29 is 14.3 Å². The molecule has 0 saturated carbocycles. The standard InChI is InChI=1S/C15H19NO3/c1-2-19-15(18)13-10-16-9-8-12(13)14(17)11-6-4-3-5-7-11/h3-7,12-13,16H,2,8-10H2,1H3. The second kappa shape index (κ2) is 6.48. The van der Waals surface area contributed by atoms with E-state index in [-0.39, 0.29) is 23.6 Å². The predicted octanol–water partition coefficient (Wildman–Crippen LogP) is 1.66. The van der Waals surface area contributed by atoms with Crippen LogP contribution in [0.25, 0.3) is 0 Å². The first-order valence-corrected chi connectivity index (χ1v) is 6.70. The highest BCUT2D eigenvalue weighted by atomic mass is 16.5. The molecule has 0 aliphatic carbocycles. The summed E-state index contributed by atoms with van der Waals surface area (Å²) in [6, 6.07) is 9.16. The number of nitrogens with one attached hydrogen (secondary N) is 1. The third kappa shape index (κ3) is 3.20. The molecular formula is C15H19NO3. The Balaban J connectivity index is 2.15. The molecule has 0 amide bonds. The van der Waals surface area contributed by atoms with Crippen LogP contribution in [0, 0.1) is 11.8 Å². The number of carbonyl (C=O) groups excluding carboxylic acids is 2. The summed E-state index contributed by atoms with van der Waals surface area (Å²) in [5.41, 5.74) is 0.670. The Hall–Kier alpha value is -1.68. The fraction of sp³-hybridized carbons (Fsp3) is 0.467. The molecule has 1 heterocycles. The van der Waals surface area contributed by atoms with Crippen LogP contribution in [0.5, 0.6) is 0 Å². The molecule has 2 atom stereocenters. The van der Waals surface area contributed by atoms with Crippen LogP contribution in [-0.2, 0) is 9.53 Å². The van der Waals surface area contributed by atoms with Crippen molar-refractivity contribution in [3.63, 3.8) is 0 Å². The van der Waals surface area contributed by atoms with Gasteiger partial charge in [0.25, 0.3) is 0 Å². The molecule has 4 heteroatoms. The van der Waals surface area contributed by atoms with Crippen molar-refractivity contribution in [1.29, 1.82) is 0 Å². The van der Waals surface area contributed by atoms with Crippen molar-refractivity contribution >= 4 is 11.8 Å². The lowest BCUT2D eigenvalue weighted by atomic mass is 9.81. The van der Waals surface area contributed by atoms with Crippen molar-refractivity contribution in [2.45, 2.75) is 13.3 Å². The number of rotatable bonds is 4. The smallest absolute Gasteiger partial charge is 0.310 e. The van der Waals surface area contributed by atoms with Gasteiger partial charge in [0.05, 0.1) is 12.5 Å². The van der Waals surface area contributed by atoms with Crippen molar-refractivity contribution in [2.24, 2.45) is 11.8 Å². The topological polar surface area (TPSA) is 55.4 Å². The first-order chi connectivity index (χ1) is 9.24. The highest BCUT2D eigenvalue weighted by molar-refractivity contribution is 6.00. The molecule has 0 bridgehead atoms. The molecule has 2 unspecified atom stereocenters. The lowest BCUT2D eigenvalue weighted by molar-refractivity contribution is -0.149. The molecule has 19 heavy (non-hydrogen) atoms. The van der Waals surface area contributed by atoms with E-state index in [1.807, 2.05) is 18.2 Å². The van der Waals surface area contributed by atoms with E-state index in [4.69, 9.17) is 4.74 Å². The maximum Gasteiger partial charge on any atom is 0.310 e. The first kappa shape index (κ1) is 13.7. The number of hydrogen-bond donors (Lipinski definition) is 1. The minimum Gasteiger partial charge on any atom is -0.466 e. The van der Waals surface area contributed by atoms with Gasteiger partial charge in [-0.2, -0.15) is 0 Å². The Morgan fingerprint density at radius 3 is 2.68 bits per heavy atom. The average molecular weight is 261 g/mol. The first-order valence-electron chi connectivity index (χ1n) is 6.70. The predicted molar refractivity (Wildman–Crippen MR) is 71.9 cm³/mol. The summed E-state index contributed by atoms with van der Waals surface area (Å²) in [6.45, 7) is 3.41. The quantitative estimate of drug-likeness (QED) is 0.661. The van der Waals surface area contributed by atoms with E-state index in [9.17, 15) is 9.59 Å². The van der Waals surface area contributed by atoms with Crippen LogP contribution >= 0.6 is 0 Å². The Labute approximate surface area is 113 Å². The van der Waals surface area contributed by atoms with Gasteiger partial charge in [0.15, 0.2) is 5.78 Å². The summed E-state index contributed by atoms with van der Waals surface area (Å²) in [5, 5.41) is 3.16. The lowest BCUT2D eigenvalue weighted by Gasteiger charge is -2.29. The van der Waals surface area contributed by atoms with Crippen LogP contribution < -0.4 is 5.32 Å². The van der Waals surface area contributed by atoms with Crippen LogP contribution in [0.1, 0.15) is 23.7 Å². The SMILES string of the molecule is CCOC(=O)C1CNCCC1C(=O)c1ccccc1. The van der Waals surface area contributed by atoms with E-state index >= 15 is 0 Å². The monoisotopic (exact) mass is 261 g/mol. The minimum atomic E-state index is -0.374. The second-order valence-electron chi connectivity index (χ2n) is 4.69. The molecule has 1 fully saturated rings. The van der Waals surface area contributed by atoms with Crippen molar-refractivity contribution in [2.75, 3.05) is 19.7 Å². The number of esters is 1. The van der Waals surface area contributed by atoms with Gasteiger partial charge in [0, 0.05) is 18.0 Å². The molecule has 4 nitrogen and oxygen atoms in total. The molecule has 1 saturated heterocycles. The lowest BCUT2D eigenvalue weighted by Crippen LogP contribution is -2.44. The van der Waals surface area contributed by atoms with E-state index in [1.54, 1.807) is 19.1 Å². The summed E-state index contributed by atoms with van der Waals surface area (Å²) in [7, 11) is 0. The van der Waals surface area contributed by atoms with Crippen LogP contribution in [0.2, 0.25) is 0 Å². The van der Waals surface area contributed by atoms with Gasteiger partial charge in [-0.05, 0) is 19.9 Å². The molecule has 1 aromatic carbocycles. The van der Waals surface area contributed by atoms with Gasteiger partial charge in [0.1, 0.15) is 0 Å². The Morgan fingerprint density at radius 1 is 1.26 bits per heavy atom. The number of hydrogen-bond acceptors (Lipinski definition) is 4. The van der Waals surface area contributed by atoms with Gasteiger partial charge in [-0.15, -0.1) is 0 Å². The Kier molecular flexibility index (Phi) is 4.68. The maximum absolute atomic E-state index is 12.5. The van der Waals surface area contributed by atoms with Crippen molar-refractivity contribution in [3.8, 4) is 0 Å². The molecule has 1 N–H and O–H groups in total. The molecule has 102 valence electrons. The van der Waals surface area contributed by atoms with Crippen molar-refractivity contribution in [3.05, 3.63) is 35.9 Å². The Morgan fingerprint density at radius 2 is 2.00 bits per heavy atom. The Bertz CT molecular complexity index is 444. The molecule has 0 radical (unpaired) electrons. The highest BCUT2D eigenvalue weighted by Gasteiger charge is 2.36. The van der Waals surface area contributed by atoms with E-state index in [1.165, 1.54) is 0 Å². The third-order valence-corrected chi connectivity index (χ3v) is 3.47. The molecular weight excluding hydrogens is 242 g/mol. The zero-order valence-corrected chi connectivity index (χ0v) is 11.1. The molecule has 1 aliphatic heterocycles. The van der Waals surface area contributed by atoms with E-state index in [0.29, 0.717) is 25.1 Å². The molecule has 2 rings (SSSR count). The summed E-state index contributed by atoms with van der Waals surface area (Å²) < 4.78 is 5.07. The fourth-order valence-electron chi connectivity index (χ4n) is 2.49. The zero-order valence-electron chi connectivity index (χ0n) is 11.1. The normalized spacial score (nSPS) is 22.8. The zero-order chi connectivity index (χ0) is 13.7. The maximum atomic E-state index is 12.5. The second-order valence-corrected chi connectivity index (χ2v) is 4.69. The molecule has 0 spiro atoms. The van der Waals surface area contributed by atoms with Crippen LogP contribution in [0.4, 0.5) is 0 Å². The van der Waals surface area contributed by atoms with Gasteiger partial charge < -0.3 is 10.1 Å². The van der Waals surface area contributed by atoms with Gasteiger partial charge >= 0.3 is 5.97 Å². The minimum absolute atomic E-state index is 0.0418. The fourth-order valence-corrected chi connectivity index (χ4v) is 2.49. The van der Waals surface area contributed by atoms with Gasteiger partial charge in [-0.25, -0.2) is 0 Å². The van der Waals surface area contributed by atoms with Crippen LogP contribution in [-0.4, -0.2) is 31.4 Å². The molecule has 0 aromatic heterocycles. The van der Waals surface area contributed by atoms with Gasteiger partial charge in [-0.1, -0.05) is 30.3 Å². The van der Waals surface area contributed by atoms with Gasteiger partial charge in [-0.3, -0.25) is 9.59 Å². The third-order valence-electron chi connectivity index (χ3n) is 3.47. The highest BCUT2D eigenvalue weighted by Crippen LogP contribution is 2.25. The number of piperidine rings is 1. The van der Waals surface area contributed by atoms with Crippen LogP contribution in [0.15, 0.2) is 30.3 Å². The summed E-state index contributed by atoms with van der Waals surface area (Å²) in [4.78, 5) is 24.4. The number of carbonyl (C=O) groups is 2. The molecule has 1 aliphatic rings. The number of Topliss-reactive ketones (excluding diaryl/α,β-unsaturated/α-hetero) is 1. The summed E-state index contributed by atoms with van der Waals surface area (Å²) in [6.07, 6.45) is 0.678. The van der Waals surface area contributed by atoms with Crippen LogP contribution in [0.3, 0.4) is 0 Å². The number of benzene rings is 1. The largest absolute Gasteiger partial charge is 0.466 e. The number of ether oxygens (including phenoxy) is 1. The van der Waals surface area contributed by atoms with Gasteiger partial charge in [0.2, 0.25) is 0 Å². The van der Waals surface area contributed by atoms with Crippen molar-refractivity contribution in [1.82, 2.24) is 5.32 Å². The van der Waals surface area contributed by atoms with E-state index in [0.717, 1.165) is 6.54 Å². The van der Waals surface area contributed by atoms with E-state index < -0.39 is 0 Å². The summed E-state index contributed by atoms with van der Waals surface area (Å²) in [5.74, 6) is -0.881.